The topological polar surface area (TPSA) is 52.5 Å². The summed E-state index contributed by atoms with van der Waals surface area (Å²) < 4.78 is 37.0. The molecule has 1 saturated heterocycles. The lowest BCUT2D eigenvalue weighted by Crippen LogP contribution is -2.48. The number of alkyl halides is 3. The molecule has 1 aromatic heterocycles. The van der Waals surface area contributed by atoms with Crippen molar-refractivity contribution in [1.82, 2.24) is 14.9 Å². The van der Waals surface area contributed by atoms with Crippen LogP contribution in [-0.2, 0) is 0 Å². The Balaban J connectivity index is 1.83. The van der Waals surface area contributed by atoms with E-state index in [9.17, 15) is 13.2 Å². The lowest BCUT2D eigenvalue weighted by molar-refractivity contribution is -0.208. The minimum absolute atomic E-state index is 0.235. The fraction of sp³-hybridized carbons (Fsp3) is 0.692. The zero-order valence-corrected chi connectivity index (χ0v) is 11.8. The Hall–Kier alpha value is -1.41. The molecule has 1 atom stereocenters. The summed E-state index contributed by atoms with van der Waals surface area (Å²) in [5.41, 5.74) is 0. The summed E-state index contributed by atoms with van der Waals surface area (Å²) >= 11 is 0. The molecule has 0 aromatic carbocycles. The van der Waals surface area contributed by atoms with Crippen LogP contribution in [0.4, 0.5) is 19.0 Å². The maximum absolute atomic E-state index is 12.3. The molecule has 21 heavy (non-hydrogen) atoms. The predicted molar refractivity (Wildman–Crippen MR) is 72.0 cm³/mol. The Morgan fingerprint density at radius 1 is 1.43 bits per heavy atom. The Morgan fingerprint density at radius 2 is 2.10 bits per heavy atom. The van der Waals surface area contributed by atoms with E-state index in [1.807, 2.05) is 11.9 Å². The molecular formula is C13H19F3N4O. The van der Waals surface area contributed by atoms with Gasteiger partial charge in [-0.25, -0.2) is 9.97 Å². The number of anilines is 1. The number of aliphatic hydroxyl groups is 1. The van der Waals surface area contributed by atoms with Crippen LogP contribution in [0.5, 0.6) is 0 Å². The fourth-order valence-electron chi connectivity index (χ4n) is 2.52. The van der Waals surface area contributed by atoms with Crippen LogP contribution in [0.2, 0.25) is 0 Å². The average Bonchev–Trinajstić information content (AvgIpc) is 2.47. The van der Waals surface area contributed by atoms with Crippen LogP contribution in [0.3, 0.4) is 0 Å². The molecule has 2 heterocycles. The number of hydrogen-bond acceptors (Lipinski definition) is 5. The number of aliphatic hydroxyl groups excluding tert-OH is 1. The molecule has 1 aliphatic rings. The highest BCUT2D eigenvalue weighted by atomic mass is 19.4. The van der Waals surface area contributed by atoms with E-state index in [4.69, 9.17) is 5.11 Å². The first kappa shape index (κ1) is 16.0. The zero-order valence-electron chi connectivity index (χ0n) is 11.8. The van der Waals surface area contributed by atoms with Gasteiger partial charge in [-0.05, 0) is 18.9 Å². The van der Waals surface area contributed by atoms with Crippen LogP contribution in [0, 0.1) is 0 Å². The van der Waals surface area contributed by atoms with Gasteiger partial charge in [0.1, 0.15) is 12.1 Å². The van der Waals surface area contributed by atoms with Gasteiger partial charge in [-0.15, -0.1) is 0 Å². The van der Waals surface area contributed by atoms with Crippen LogP contribution in [0.25, 0.3) is 0 Å². The van der Waals surface area contributed by atoms with E-state index in [0.29, 0.717) is 13.1 Å². The minimum Gasteiger partial charge on any atom is -0.382 e. The van der Waals surface area contributed by atoms with E-state index in [1.54, 1.807) is 17.2 Å². The van der Waals surface area contributed by atoms with Crippen LogP contribution in [0.1, 0.15) is 12.8 Å². The van der Waals surface area contributed by atoms with Gasteiger partial charge in [0.15, 0.2) is 6.10 Å². The number of likely N-dealkylation sites (tertiary alicyclic amines) is 1. The number of nitrogens with zero attached hydrogens (tertiary/aromatic N) is 4. The van der Waals surface area contributed by atoms with Crippen molar-refractivity contribution in [3.63, 3.8) is 0 Å². The first-order valence-corrected chi connectivity index (χ1v) is 6.84. The third-order valence-corrected chi connectivity index (χ3v) is 3.84. The zero-order chi connectivity index (χ0) is 15.5. The standard InChI is InChI=1S/C13H19F3N4O/c1-19(12-2-5-17-9-18-12)10-3-6-20(7-4-10)8-11(21)13(14,15)16/h2,5,9-11,21H,3-4,6-8H2,1H3. The normalized spacial score (nSPS) is 19.5. The number of β-amino-alcohol motifs (C(OH)–C–C–N with tert-alkyl or cyclic N) is 1. The Kier molecular flexibility index (Phi) is 5.00. The number of halogens is 3. The quantitative estimate of drug-likeness (QED) is 0.909. The smallest absolute Gasteiger partial charge is 0.382 e. The van der Waals surface area contributed by atoms with Gasteiger partial charge in [-0.3, -0.25) is 0 Å². The second kappa shape index (κ2) is 6.57. The summed E-state index contributed by atoms with van der Waals surface area (Å²) in [6.45, 7) is 0.716. The van der Waals surface area contributed by atoms with Crippen LogP contribution < -0.4 is 4.90 Å². The highest BCUT2D eigenvalue weighted by molar-refractivity contribution is 5.36. The highest BCUT2D eigenvalue weighted by Crippen LogP contribution is 2.24. The van der Waals surface area contributed by atoms with Crippen LogP contribution in [0.15, 0.2) is 18.6 Å². The number of rotatable bonds is 4. The van der Waals surface area contributed by atoms with Gasteiger partial charge in [0.25, 0.3) is 0 Å². The molecule has 8 heteroatoms. The number of hydrogen-bond donors (Lipinski definition) is 1. The van der Waals surface area contributed by atoms with Crippen molar-refractivity contribution in [3.05, 3.63) is 18.6 Å². The third-order valence-electron chi connectivity index (χ3n) is 3.84. The molecule has 0 saturated carbocycles. The van der Waals surface area contributed by atoms with Crippen LogP contribution >= 0.6 is 0 Å². The van der Waals surface area contributed by atoms with Crippen molar-refractivity contribution >= 4 is 5.82 Å². The first-order valence-electron chi connectivity index (χ1n) is 6.84. The molecule has 1 unspecified atom stereocenters. The number of piperidine rings is 1. The molecule has 118 valence electrons. The van der Waals surface area contributed by atoms with Gasteiger partial charge in [0, 0.05) is 38.9 Å². The average molecular weight is 304 g/mol. The van der Waals surface area contributed by atoms with Crippen molar-refractivity contribution in [2.75, 3.05) is 31.6 Å². The van der Waals surface area contributed by atoms with Crippen molar-refractivity contribution in [2.45, 2.75) is 31.2 Å². The summed E-state index contributed by atoms with van der Waals surface area (Å²) in [4.78, 5) is 11.7. The lowest BCUT2D eigenvalue weighted by Gasteiger charge is -2.38. The van der Waals surface area contributed by atoms with Crippen molar-refractivity contribution < 1.29 is 18.3 Å². The van der Waals surface area contributed by atoms with Crippen LogP contribution in [-0.4, -0.2) is 65.0 Å². The van der Waals surface area contributed by atoms with Gasteiger partial charge < -0.3 is 14.9 Å². The maximum Gasteiger partial charge on any atom is 0.415 e. The summed E-state index contributed by atoms with van der Waals surface area (Å²) in [6, 6.07) is 2.04. The van der Waals surface area contributed by atoms with E-state index in [2.05, 4.69) is 9.97 Å². The highest BCUT2D eigenvalue weighted by Gasteiger charge is 2.39. The Morgan fingerprint density at radius 3 is 2.62 bits per heavy atom. The molecule has 0 bridgehead atoms. The van der Waals surface area contributed by atoms with Gasteiger partial charge >= 0.3 is 6.18 Å². The van der Waals surface area contributed by atoms with Gasteiger partial charge in [0.2, 0.25) is 0 Å². The summed E-state index contributed by atoms with van der Waals surface area (Å²) in [5, 5.41) is 9.10. The molecule has 0 spiro atoms. The second-order valence-corrected chi connectivity index (χ2v) is 5.27. The fourth-order valence-corrected chi connectivity index (χ4v) is 2.52. The summed E-state index contributed by atoms with van der Waals surface area (Å²) in [5.74, 6) is 0.804. The van der Waals surface area contributed by atoms with E-state index in [1.165, 1.54) is 6.33 Å². The molecule has 5 nitrogen and oxygen atoms in total. The predicted octanol–water partition coefficient (Wildman–Crippen LogP) is 1.30. The van der Waals surface area contributed by atoms with Crippen molar-refractivity contribution in [1.29, 1.82) is 0 Å². The van der Waals surface area contributed by atoms with E-state index in [-0.39, 0.29) is 12.6 Å². The second-order valence-electron chi connectivity index (χ2n) is 5.27. The van der Waals surface area contributed by atoms with Gasteiger partial charge in [0.05, 0.1) is 0 Å². The lowest BCUT2D eigenvalue weighted by atomic mass is 10.0. The molecule has 0 amide bonds. The molecular weight excluding hydrogens is 285 g/mol. The molecule has 0 radical (unpaired) electrons. The Bertz CT molecular complexity index is 435. The monoisotopic (exact) mass is 304 g/mol. The minimum atomic E-state index is -4.55. The van der Waals surface area contributed by atoms with E-state index >= 15 is 0 Å². The Labute approximate surface area is 121 Å². The first-order chi connectivity index (χ1) is 9.88. The summed E-state index contributed by atoms with van der Waals surface area (Å²) in [6.07, 6.45) is -2.20. The molecule has 0 aliphatic carbocycles. The largest absolute Gasteiger partial charge is 0.415 e. The molecule has 1 aromatic rings. The van der Waals surface area contributed by atoms with E-state index < -0.39 is 12.3 Å². The number of aromatic nitrogens is 2. The third kappa shape index (κ3) is 4.28. The van der Waals surface area contributed by atoms with Crippen molar-refractivity contribution in [2.24, 2.45) is 0 Å². The van der Waals surface area contributed by atoms with Crippen molar-refractivity contribution in [3.8, 4) is 0 Å². The maximum atomic E-state index is 12.3. The summed E-state index contributed by atoms with van der Waals surface area (Å²) in [7, 11) is 1.92. The molecule has 1 fully saturated rings. The SMILES string of the molecule is CN(c1ccncn1)C1CCN(CC(O)C(F)(F)F)CC1. The van der Waals surface area contributed by atoms with Gasteiger partial charge in [-0.1, -0.05) is 0 Å². The van der Waals surface area contributed by atoms with E-state index in [0.717, 1.165) is 18.7 Å². The molecule has 2 rings (SSSR count). The molecule has 1 N–H and O–H groups in total. The molecule has 1 aliphatic heterocycles. The van der Waals surface area contributed by atoms with Gasteiger partial charge in [-0.2, -0.15) is 13.2 Å².